The molecule has 0 fully saturated rings. The van der Waals surface area contributed by atoms with Crippen LogP contribution in [0.25, 0.3) is 0 Å². The van der Waals surface area contributed by atoms with Gasteiger partial charge in [-0.05, 0) is 37.1 Å². The van der Waals surface area contributed by atoms with Gasteiger partial charge in [0.2, 0.25) is 0 Å². The molecule has 0 aliphatic carbocycles. The molecular formula is C20H34F3NO3S. The number of nitrogens with zero attached hydrogens (tertiary/aromatic N) is 1. The lowest BCUT2D eigenvalue weighted by Gasteiger charge is -2.35. The van der Waals surface area contributed by atoms with Gasteiger partial charge in [0.25, 0.3) is 0 Å². The Morgan fingerprint density at radius 1 is 0.750 bits per heavy atom. The predicted octanol–water partition coefficient (Wildman–Crippen LogP) is 4.98. The molecule has 0 aliphatic rings. The van der Waals surface area contributed by atoms with Gasteiger partial charge in [-0.2, -0.15) is 13.2 Å². The second-order valence-electron chi connectivity index (χ2n) is 6.62. The summed E-state index contributed by atoms with van der Waals surface area (Å²) in [5.41, 5.74) is 0. The Morgan fingerprint density at radius 2 is 1.11 bits per heavy atom. The highest BCUT2D eigenvalue weighted by Crippen LogP contribution is 2.23. The molecular weight excluding hydrogens is 391 g/mol. The van der Waals surface area contributed by atoms with Crippen LogP contribution in [0.3, 0.4) is 0 Å². The number of unbranched alkanes of at least 4 members (excludes halogenated alkanes) is 4. The van der Waals surface area contributed by atoms with Crippen molar-refractivity contribution in [2.75, 3.05) is 31.9 Å². The van der Waals surface area contributed by atoms with Gasteiger partial charge < -0.3 is 9.04 Å². The molecule has 0 N–H and O–H groups in total. The highest BCUT2D eigenvalue weighted by molar-refractivity contribution is 7.85. The van der Waals surface area contributed by atoms with Crippen molar-refractivity contribution in [3.63, 3.8) is 0 Å². The van der Waals surface area contributed by atoms with Crippen LogP contribution in [0.1, 0.15) is 38.5 Å². The fourth-order valence-electron chi connectivity index (χ4n) is 2.68. The maximum Gasteiger partial charge on any atom is 0.389 e. The normalized spacial score (nSPS) is 11.9. The zero-order chi connectivity index (χ0) is 22.1. The van der Waals surface area contributed by atoms with E-state index in [-0.39, 0.29) is 12.8 Å². The fourth-order valence-corrected chi connectivity index (χ4v) is 3.23. The standard InChI is InChI=1S/C12H20N.C8H15F3O3S/c1-5-9-13(10-6-2,11-7-3)12-8-4;9-8(10,11)6-4-2-1-3-5-7-15(12,13)14/h5-8H,1-4,9-12H2;1-7H2,(H,12,13,14)/q+1;/p-1. The lowest BCUT2D eigenvalue weighted by atomic mass is 10.1. The Morgan fingerprint density at radius 3 is 1.43 bits per heavy atom. The number of halogens is 3. The van der Waals surface area contributed by atoms with Gasteiger partial charge in [-0.15, -0.1) is 0 Å². The first-order valence-corrected chi connectivity index (χ1v) is 10.8. The minimum absolute atomic E-state index is 0.0631. The van der Waals surface area contributed by atoms with Crippen molar-refractivity contribution in [2.24, 2.45) is 0 Å². The molecule has 0 aliphatic heterocycles. The van der Waals surface area contributed by atoms with Crippen LogP contribution in [0.4, 0.5) is 13.2 Å². The van der Waals surface area contributed by atoms with Crippen LogP contribution in [0.2, 0.25) is 0 Å². The van der Waals surface area contributed by atoms with E-state index in [1.54, 1.807) is 0 Å². The third-order valence-electron chi connectivity index (χ3n) is 3.92. The first-order valence-electron chi connectivity index (χ1n) is 9.24. The lowest BCUT2D eigenvalue weighted by molar-refractivity contribution is -0.906. The summed E-state index contributed by atoms with van der Waals surface area (Å²) in [6, 6.07) is 0. The molecule has 164 valence electrons. The summed E-state index contributed by atoms with van der Waals surface area (Å²) >= 11 is 0. The summed E-state index contributed by atoms with van der Waals surface area (Å²) in [5.74, 6) is -0.424. The van der Waals surface area contributed by atoms with Crippen molar-refractivity contribution in [1.82, 2.24) is 0 Å². The molecule has 0 bridgehead atoms. The van der Waals surface area contributed by atoms with E-state index in [4.69, 9.17) is 0 Å². The SMILES string of the molecule is C=CC[N+](CC=C)(CC=C)CC=C.O=S(=O)([O-])CCCCCCCC(F)(F)F. The van der Waals surface area contributed by atoms with Crippen LogP contribution in [0.15, 0.2) is 50.6 Å². The van der Waals surface area contributed by atoms with Crippen molar-refractivity contribution >= 4 is 10.1 Å². The maximum absolute atomic E-state index is 11.7. The van der Waals surface area contributed by atoms with Crippen molar-refractivity contribution in [3.8, 4) is 0 Å². The third kappa shape index (κ3) is 19.4. The van der Waals surface area contributed by atoms with Gasteiger partial charge in [-0.25, -0.2) is 8.42 Å². The van der Waals surface area contributed by atoms with Crippen molar-refractivity contribution in [1.29, 1.82) is 0 Å². The molecule has 0 atom stereocenters. The molecule has 0 aromatic heterocycles. The summed E-state index contributed by atoms with van der Waals surface area (Å²) < 4.78 is 66.3. The van der Waals surface area contributed by atoms with Crippen LogP contribution in [0.5, 0.6) is 0 Å². The zero-order valence-electron chi connectivity index (χ0n) is 16.6. The molecule has 0 heterocycles. The third-order valence-corrected chi connectivity index (χ3v) is 4.71. The summed E-state index contributed by atoms with van der Waals surface area (Å²) in [6.07, 6.45) is 4.58. The molecule has 28 heavy (non-hydrogen) atoms. The topological polar surface area (TPSA) is 57.2 Å². The smallest absolute Gasteiger partial charge is 0.389 e. The van der Waals surface area contributed by atoms with Gasteiger partial charge in [0.15, 0.2) is 0 Å². The van der Waals surface area contributed by atoms with Crippen LogP contribution in [0, 0.1) is 0 Å². The van der Waals surface area contributed by atoms with E-state index in [0.717, 1.165) is 30.7 Å². The van der Waals surface area contributed by atoms with E-state index < -0.39 is 28.5 Å². The average molecular weight is 426 g/mol. The molecule has 0 aromatic carbocycles. The Bertz CT molecular complexity index is 512. The molecule has 0 saturated carbocycles. The first kappa shape index (κ1) is 28.8. The Balaban J connectivity index is 0. The monoisotopic (exact) mass is 425 g/mol. The van der Waals surface area contributed by atoms with Crippen LogP contribution in [-0.2, 0) is 10.1 Å². The summed E-state index contributed by atoms with van der Waals surface area (Å²) in [4.78, 5) is 0. The maximum atomic E-state index is 11.7. The largest absolute Gasteiger partial charge is 0.748 e. The van der Waals surface area contributed by atoms with E-state index in [1.807, 2.05) is 24.3 Å². The van der Waals surface area contributed by atoms with Gasteiger partial charge in [0, 0.05) is 12.2 Å². The first-order chi connectivity index (χ1) is 12.9. The average Bonchev–Trinajstić information content (AvgIpc) is 2.53. The molecule has 0 spiro atoms. The predicted molar refractivity (Wildman–Crippen MR) is 109 cm³/mol. The van der Waals surface area contributed by atoms with Crippen LogP contribution >= 0.6 is 0 Å². The van der Waals surface area contributed by atoms with Gasteiger partial charge in [-0.3, -0.25) is 0 Å². The molecule has 0 rings (SSSR count). The second kappa shape index (κ2) is 15.5. The number of quaternary nitrogens is 1. The van der Waals surface area contributed by atoms with E-state index in [1.165, 1.54) is 0 Å². The zero-order valence-corrected chi connectivity index (χ0v) is 17.4. The Hall–Kier alpha value is -1.38. The van der Waals surface area contributed by atoms with E-state index in [0.29, 0.717) is 19.3 Å². The summed E-state index contributed by atoms with van der Waals surface area (Å²) in [5, 5.41) is 0. The molecule has 0 unspecified atom stereocenters. The quantitative estimate of drug-likeness (QED) is 0.161. The molecule has 8 heteroatoms. The van der Waals surface area contributed by atoms with Gasteiger partial charge >= 0.3 is 6.18 Å². The summed E-state index contributed by atoms with van der Waals surface area (Å²) in [7, 11) is -4.17. The highest BCUT2D eigenvalue weighted by Gasteiger charge is 2.25. The number of alkyl halides is 3. The number of hydrogen-bond donors (Lipinski definition) is 0. The molecule has 0 aromatic rings. The van der Waals surface area contributed by atoms with Gasteiger partial charge in [-0.1, -0.05) is 45.6 Å². The fraction of sp³-hybridized carbons (Fsp3) is 0.600. The minimum Gasteiger partial charge on any atom is -0.748 e. The molecule has 0 saturated heterocycles. The number of rotatable bonds is 15. The molecule has 0 amide bonds. The Kier molecular flexibility index (Phi) is 16.0. The highest BCUT2D eigenvalue weighted by atomic mass is 32.2. The second-order valence-corrected chi connectivity index (χ2v) is 8.14. The lowest BCUT2D eigenvalue weighted by Crippen LogP contribution is -2.48. The van der Waals surface area contributed by atoms with Crippen LogP contribution < -0.4 is 0 Å². The van der Waals surface area contributed by atoms with E-state index in [2.05, 4.69) is 26.3 Å². The molecule has 4 nitrogen and oxygen atoms in total. The van der Waals surface area contributed by atoms with Gasteiger partial charge in [0.05, 0.1) is 36.3 Å². The van der Waals surface area contributed by atoms with E-state index >= 15 is 0 Å². The molecule has 0 radical (unpaired) electrons. The van der Waals surface area contributed by atoms with Gasteiger partial charge in [0.1, 0.15) is 0 Å². The van der Waals surface area contributed by atoms with E-state index in [9.17, 15) is 26.1 Å². The minimum atomic E-state index is -4.17. The Labute approximate surface area is 168 Å². The number of hydrogen-bond acceptors (Lipinski definition) is 3. The van der Waals surface area contributed by atoms with Crippen molar-refractivity contribution in [3.05, 3.63) is 50.6 Å². The van der Waals surface area contributed by atoms with Crippen LogP contribution in [-0.4, -0.2) is 55.6 Å². The van der Waals surface area contributed by atoms with Crippen molar-refractivity contribution < 1.29 is 30.6 Å². The van der Waals surface area contributed by atoms with Crippen molar-refractivity contribution in [2.45, 2.75) is 44.7 Å². The summed E-state index contributed by atoms with van der Waals surface area (Å²) in [6.45, 7) is 18.8.